The van der Waals surface area contributed by atoms with Gasteiger partial charge in [-0.1, -0.05) is 6.92 Å². The minimum atomic E-state index is -0.112. The van der Waals surface area contributed by atoms with Crippen LogP contribution < -0.4 is 11.1 Å². The van der Waals surface area contributed by atoms with Gasteiger partial charge < -0.3 is 15.6 Å². The van der Waals surface area contributed by atoms with E-state index < -0.39 is 0 Å². The Labute approximate surface area is 118 Å². The molecule has 0 aliphatic heterocycles. The Bertz CT molecular complexity index is 577. The van der Waals surface area contributed by atoms with Gasteiger partial charge in [-0.25, -0.2) is 0 Å². The molecule has 0 saturated heterocycles. The number of aryl methyl sites for hydroxylation is 1. The van der Waals surface area contributed by atoms with E-state index in [-0.39, 0.29) is 11.9 Å². The normalized spacial score (nSPS) is 12.1. The zero-order valence-electron chi connectivity index (χ0n) is 11.8. The van der Waals surface area contributed by atoms with Gasteiger partial charge in [-0.15, -0.1) is 0 Å². The first-order valence-electron chi connectivity index (χ1n) is 6.78. The van der Waals surface area contributed by atoms with Crippen LogP contribution in [0.1, 0.15) is 42.4 Å². The number of nitrogen functional groups attached to an aromatic ring is 1. The molecule has 2 rings (SSSR count). The van der Waals surface area contributed by atoms with Gasteiger partial charge in [0, 0.05) is 25.1 Å². The highest BCUT2D eigenvalue weighted by atomic mass is 16.2. The van der Waals surface area contributed by atoms with Crippen LogP contribution in [0.25, 0.3) is 0 Å². The van der Waals surface area contributed by atoms with E-state index >= 15 is 0 Å². The number of amides is 1. The monoisotopic (exact) mass is 272 g/mol. The van der Waals surface area contributed by atoms with Crippen LogP contribution in [0.2, 0.25) is 0 Å². The molecule has 5 nitrogen and oxygen atoms in total. The van der Waals surface area contributed by atoms with Gasteiger partial charge in [-0.3, -0.25) is 9.78 Å². The number of pyridine rings is 1. The lowest BCUT2D eigenvalue weighted by Gasteiger charge is -2.15. The van der Waals surface area contributed by atoms with Crippen molar-refractivity contribution in [2.24, 2.45) is 0 Å². The first-order valence-corrected chi connectivity index (χ1v) is 6.78. The number of nitrogens with zero attached hydrogens (tertiary/aromatic N) is 2. The maximum absolute atomic E-state index is 12.3. The van der Waals surface area contributed by atoms with E-state index in [4.69, 9.17) is 5.73 Å². The summed E-state index contributed by atoms with van der Waals surface area (Å²) in [7, 11) is 0. The highest BCUT2D eigenvalue weighted by Crippen LogP contribution is 2.15. The van der Waals surface area contributed by atoms with Crippen LogP contribution in [0.5, 0.6) is 0 Å². The van der Waals surface area contributed by atoms with E-state index in [0.29, 0.717) is 11.4 Å². The van der Waals surface area contributed by atoms with Crippen molar-refractivity contribution in [3.05, 3.63) is 48.0 Å². The van der Waals surface area contributed by atoms with Gasteiger partial charge in [0.15, 0.2) is 0 Å². The second-order valence-corrected chi connectivity index (χ2v) is 4.83. The zero-order chi connectivity index (χ0) is 14.5. The van der Waals surface area contributed by atoms with E-state index in [9.17, 15) is 4.79 Å². The van der Waals surface area contributed by atoms with Gasteiger partial charge in [0.2, 0.25) is 0 Å². The fraction of sp³-hybridized carbons (Fsp3) is 0.333. The van der Waals surface area contributed by atoms with Crippen molar-refractivity contribution in [3.8, 4) is 0 Å². The van der Waals surface area contributed by atoms with Crippen molar-refractivity contribution in [3.63, 3.8) is 0 Å². The van der Waals surface area contributed by atoms with E-state index in [0.717, 1.165) is 18.5 Å². The van der Waals surface area contributed by atoms with Crippen LogP contribution in [0.3, 0.4) is 0 Å². The van der Waals surface area contributed by atoms with E-state index in [1.807, 2.05) is 23.6 Å². The number of carbonyl (C=O) groups excluding carboxylic acids is 1. The third-order valence-corrected chi connectivity index (χ3v) is 3.17. The number of aromatic nitrogens is 2. The van der Waals surface area contributed by atoms with E-state index in [2.05, 4.69) is 17.2 Å². The van der Waals surface area contributed by atoms with E-state index in [1.54, 1.807) is 24.7 Å². The molecular weight excluding hydrogens is 252 g/mol. The molecule has 5 heteroatoms. The number of anilines is 1. The first-order chi connectivity index (χ1) is 9.61. The SMILES string of the molecule is CCCn1cc(N)cc1C(=O)NC(C)c1ccncc1. The topological polar surface area (TPSA) is 72.9 Å². The largest absolute Gasteiger partial charge is 0.397 e. The Morgan fingerprint density at radius 1 is 1.45 bits per heavy atom. The lowest BCUT2D eigenvalue weighted by molar-refractivity contribution is 0.0930. The summed E-state index contributed by atoms with van der Waals surface area (Å²) in [5, 5.41) is 2.98. The molecule has 0 aromatic carbocycles. The van der Waals surface area contributed by atoms with Crippen molar-refractivity contribution >= 4 is 11.6 Å². The molecule has 0 bridgehead atoms. The van der Waals surface area contributed by atoms with Gasteiger partial charge >= 0.3 is 0 Å². The number of carbonyl (C=O) groups is 1. The number of nitrogens with two attached hydrogens (primary N) is 1. The number of hydrogen-bond acceptors (Lipinski definition) is 3. The van der Waals surface area contributed by atoms with Crippen LogP contribution in [-0.4, -0.2) is 15.5 Å². The standard InChI is InChI=1S/C15H20N4O/c1-3-8-19-10-13(16)9-14(19)15(20)18-11(2)12-4-6-17-7-5-12/h4-7,9-11H,3,8,16H2,1-2H3,(H,18,20). The van der Waals surface area contributed by atoms with Gasteiger partial charge in [-0.2, -0.15) is 0 Å². The van der Waals surface area contributed by atoms with Crippen molar-refractivity contribution in [1.82, 2.24) is 14.9 Å². The molecule has 1 unspecified atom stereocenters. The second-order valence-electron chi connectivity index (χ2n) is 4.83. The quantitative estimate of drug-likeness (QED) is 0.877. The Balaban J connectivity index is 2.12. The molecule has 2 heterocycles. The third kappa shape index (κ3) is 3.17. The van der Waals surface area contributed by atoms with Crippen LogP contribution in [0, 0.1) is 0 Å². The van der Waals surface area contributed by atoms with Crippen LogP contribution >= 0.6 is 0 Å². The molecule has 106 valence electrons. The Morgan fingerprint density at radius 3 is 2.80 bits per heavy atom. The van der Waals surface area contributed by atoms with Gasteiger partial charge in [-0.05, 0) is 37.1 Å². The fourth-order valence-electron chi connectivity index (χ4n) is 2.16. The van der Waals surface area contributed by atoms with Crippen molar-refractivity contribution < 1.29 is 4.79 Å². The molecule has 1 amide bonds. The molecular formula is C15H20N4O. The number of nitrogens with one attached hydrogen (secondary N) is 1. The van der Waals surface area contributed by atoms with Gasteiger partial charge in [0.1, 0.15) is 5.69 Å². The summed E-state index contributed by atoms with van der Waals surface area (Å²) >= 11 is 0. The molecule has 0 radical (unpaired) electrons. The highest BCUT2D eigenvalue weighted by molar-refractivity contribution is 5.94. The summed E-state index contributed by atoms with van der Waals surface area (Å²) in [5.41, 5.74) is 8.02. The van der Waals surface area contributed by atoms with Crippen LogP contribution in [-0.2, 0) is 6.54 Å². The minimum Gasteiger partial charge on any atom is -0.397 e. The summed E-state index contributed by atoms with van der Waals surface area (Å²) in [6, 6.07) is 5.43. The molecule has 20 heavy (non-hydrogen) atoms. The van der Waals surface area contributed by atoms with Crippen LogP contribution in [0.4, 0.5) is 5.69 Å². The number of rotatable bonds is 5. The summed E-state index contributed by atoms with van der Waals surface area (Å²) in [6.07, 6.45) is 6.19. The molecule has 0 saturated carbocycles. The van der Waals surface area contributed by atoms with Crippen molar-refractivity contribution in [1.29, 1.82) is 0 Å². The lowest BCUT2D eigenvalue weighted by Crippen LogP contribution is -2.28. The highest BCUT2D eigenvalue weighted by Gasteiger charge is 2.15. The van der Waals surface area contributed by atoms with Crippen LogP contribution in [0.15, 0.2) is 36.8 Å². The van der Waals surface area contributed by atoms with E-state index in [1.165, 1.54) is 0 Å². The molecule has 3 N–H and O–H groups in total. The lowest BCUT2D eigenvalue weighted by atomic mass is 10.1. The summed E-state index contributed by atoms with van der Waals surface area (Å²) in [4.78, 5) is 16.3. The average molecular weight is 272 g/mol. The summed E-state index contributed by atoms with van der Waals surface area (Å²) < 4.78 is 1.89. The maximum Gasteiger partial charge on any atom is 0.268 e. The second kappa shape index (κ2) is 6.23. The summed E-state index contributed by atoms with van der Waals surface area (Å²) in [6.45, 7) is 4.80. The average Bonchev–Trinajstić information content (AvgIpc) is 2.81. The molecule has 0 aliphatic carbocycles. The Morgan fingerprint density at radius 2 is 2.15 bits per heavy atom. The fourth-order valence-corrected chi connectivity index (χ4v) is 2.16. The Kier molecular flexibility index (Phi) is 4.40. The van der Waals surface area contributed by atoms with Crippen molar-refractivity contribution in [2.45, 2.75) is 32.9 Å². The van der Waals surface area contributed by atoms with Gasteiger partial charge in [0.25, 0.3) is 5.91 Å². The molecule has 2 aromatic heterocycles. The number of hydrogen-bond donors (Lipinski definition) is 2. The maximum atomic E-state index is 12.3. The minimum absolute atomic E-state index is 0.0725. The molecule has 1 atom stereocenters. The predicted octanol–water partition coefficient (Wildman–Crippen LogP) is 2.37. The Hall–Kier alpha value is -2.30. The summed E-state index contributed by atoms with van der Waals surface area (Å²) in [5.74, 6) is -0.112. The van der Waals surface area contributed by atoms with Crippen molar-refractivity contribution in [2.75, 3.05) is 5.73 Å². The zero-order valence-corrected chi connectivity index (χ0v) is 11.8. The molecule has 2 aromatic rings. The van der Waals surface area contributed by atoms with Gasteiger partial charge in [0.05, 0.1) is 11.7 Å². The first kappa shape index (κ1) is 14.1. The molecule has 0 aliphatic rings. The molecule has 0 spiro atoms. The predicted molar refractivity (Wildman–Crippen MR) is 79.3 cm³/mol. The smallest absolute Gasteiger partial charge is 0.268 e. The molecule has 0 fully saturated rings. The third-order valence-electron chi connectivity index (χ3n) is 3.17.